The summed E-state index contributed by atoms with van der Waals surface area (Å²) in [6.07, 6.45) is 1.93. The molecule has 0 rings (SSSR count). The molecule has 0 aliphatic heterocycles. The third-order valence-corrected chi connectivity index (χ3v) is 1.03. The van der Waals surface area contributed by atoms with Gasteiger partial charge in [-0.3, -0.25) is 0 Å². The average molecular weight is 151 g/mol. The Hall–Kier alpha value is -0.130. The van der Waals surface area contributed by atoms with Gasteiger partial charge in [-0.2, -0.15) is 0 Å². The number of nitrogens with zero attached hydrogens (tertiary/aromatic N) is 1. The lowest BCUT2D eigenvalue weighted by atomic mass is 10.5. The molecule has 0 aromatic rings. The fourth-order valence-corrected chi connectivity index (χ4v) is 0.600. The lowest BCUT2D eigenvalue weighted by Crippen LogP contribution is -2.30. The number of sulfonamides is 1. The molecule has 0 aromatic carbocycles. The van der Waals surface area contributed by atoms with E-state index in [9.17, 15) is 8.42 Å². The minimum absolute atomic E-state index is 0.535. The second-order valence-corrected chi connectivity index (χ2v) is 3.47. The summed E-state index contributed by atoms with van der Waals surface area (Å²) in [7, 11) is -3.11. The van der Waals surface area contributed by atoms with Gasteiger partial charge in [0.25, 0.3) is 0 Å². The quantitative estimate of drug-likeness (QED) is 0.433. The molecule has 0 aliphatic rings. The molecule has 0 fully saturated rings. The van der Waals surface area contributed by atoms with E-state index in [0.29, 0.717) is 6.54 Å². The van der Waals surface area contributed by atoms with Crippen molar-refractivity contribution in [2.75, 3.05) is 12.8 Å². The van der Waals surface area contributed by atoms with Crippen LogP contribution in [0.5, 0.6) is 0 Å². The molecule has 1 N–H and O–H groups in total. The molecule has 5 heteroatoms. The van der Waals surface area contributed by atoms with Gasteiger partial charge in [0.2, 0.25) is 10.0 Å². The summed E-state index contributed by atoms with van der Waals surface area (Å²) in [6, 6.07) is 0. The maximum absolute atomic E-state index is 10.3. The van der Waals surface area contributed by atoms with Crippen LogP contribution in [-0.2, 0) is 10.0 Å². The first-order valence-corrected chi connectivity index (χ1v) is 4.58. The van der Waals surface area contributed by atoms with Crippen LogP contribution in [0, 0.1) is 0 Å². The van der Waals surface area contributed by atoms with E-state index in [4.69, 9.17) is 0 Å². The Morgan fingerprint density at radius 1 is 1.56 bits per heavy atom. The molecule has 4 nitrogen and oxygen atoms in total. The number of hydrogen-bond acceptors (Lipinski definition) is 2. The Kier molecular flexibility index (Phi) is 3.76. The van der Waals surface area contributed by atoms with Gasteiger partial charge in [0.1, 0.15) is 0 Å². The summed E-state index contributed by atoms with van der Waals surface area (Å²) in [5.41, 5.74) is 3.52. The molecule has 0 spiro atoms. The normalized spacial score (nSPS) is 11.8. The van der Waals surface area contributed by atoms with Crippen LogP contribution in [0.2, 0.25) is 0 Å². The predicted octanol–water partition coefficient (Wildman–Crippen LogP) is -0.535. The van der Waals surface area contributed by atoms with Gasteiger partial charge in [-0.15, -0.1) is 10.3 Å². The molecular weight excluding hydrogens is 140 g/mol. The Balaban J connectivity index is 3.30. The van der Waals surface area contributed by atoms with E-state index in [-0.39, 0.29) is 0 Å². The van der Waals surface area contributed by atoms with Gasteiger partial charge in [0.05, 0.1) is 6.26 Å². The second kappa shape index (κ2) is 3.81. The fourth-order valence-electron chi connectivity index (χ4n) is 0.275. The van der Waals surface area contributed by atoms with Gasteiger partial charge < -0.3 is 0 Å². The molecule has 0 saturated carbocycles. The van der Waals surface area contributed by atoms with Crippen LogP contribution in [0.1, 0.15) is 13.3 Å². The smallest absolute Gasteiger partial charge is 0.211 e. The lowest BCUT2D eigenvalue weighted by molar-refractivity contribution is 0.555. The van der Waals surface area contributed by atoms with Crippen LogP contribution >= 0.6 is 0 Å². The second-order valence-electron chi connectivity index (χ2n) is 1.75. The van der Waals surface area contributed by atoms with Gasteiger partial charge in [0.15, 0.2) is 0 Å². The summed E-state index contributed by atoms with van der Waals surface area (Å²) in [4.78, 5) is 2.02. The first-order valence-electron chi connectivity index (χ1n) is 2.69. The van der Waals surface area contributed by atoms with Crippen LogP contribution in [0.3, 0.4) is 0 Å². The van der Waals surface area contributed by atoms with Crippen molar-refractivity contribution in [3.05, 3.63) is 0 Å². The molecule has 0 heterocycles. The number of nitrogens with one attached hydrogen (secondary N) is 1. The maximum atomic E-state index is 10.3. The molecule has 9 heavy (non-hydrogen) atoms. The van der Waals surface area contributed by atoms with Crippen LogP contribution in [0.4, 0.5) is 0 Å². The van der Waals surface area contributed by atoms with E-state index in [1.165, 1.54) is 0 Å². The summed E-state index contributed by atoms with van der Waals surface area (Å²) in [5, 5.41) is 0. The van der Waals surface area contributed by atoms with E-state index in [1.807, 2.05) is 11.8 Å². The first kappa shape index (κ1) is 8.87. The monoisotopic (exact) mass is 151 g/mol. The molecule has 55 valence electrons. The highest BCUT2D eigenvalue weighted by Crippen LogP contribution is 1.72. The standard InChI is InChI=1S/C4H11N2O2S/c1-3-4-5-6-9(2,7)8/h6H,3-4H2,1-2H3. The van der Waals surface area contributed by atoms with E-state index in [0.717, 1.165) is 12.7 Å². The van der Waals surface area contributed by atoms with Gasteiger partial charge in [-0.1, -0.05) is 6.92 Å². The highest BCUT2D eigenvalue weighted by atomic mass is 32.2. The van der Waals surface area contributed by atoms with Crippen molar-refractivity contribution in [1.29, 1.82) is 0 Å². The first-order chi connectivity index (χ1) is 4.06. The van der Waals surface area contributed by atoms with Crippen LogP contribution < -0.4 is 10.3 Å². The van der Waals surface area contributed by atoms with Gasteiger partial charge in [0, 0.05) is 6.54 Å². The minimum Gasteiger partial charge on any atom is -0.211 e. The third-order valence-electron chi connectivity index (χ3n) is 0.566. The molecular formula is C4H11N2O2S. The Bertz CT molecular complexity index is 152. The fraction of sp³-hybridized carbons (Fsp3) is 1.00. The van der Waals surface area contributed by atoms with E-state index in [1.54, 1.807) is 0 Å². The maximum Gasteiger partial charge on any atom is 0.222 e. The molecule has 0 saturated heterocycles. The van der Waals surface area contributed by atoms with Crippen LogP contribution in [-0.4, -0.2) is 21.2 Å². The molecule has 0 aromatic heterocycles. The lowest BCUT2D eigenvalue weighted by Gasteiger charge is -1.97. The van der Waals surface area contributed by atoms with Crippen molar-refractivity contribution in [2.24, 2.45) is 0 Å². The Morgan fingerprint density at radius 3 is 2.44 bits per heavy atom. The van der Waals surface area contributed by atoms with Crippen LogP contribution in [0.15, 0.2) is 0 Å². The van der Waals surface area contributed by atoms with Crippen molar-refractivity contribution in [1.82, 2.24) is 10.3 Å². The highest BCUT2D eigenvalue weighted by molar-refractivity contribution is 7.88. The molecule has 0 bridgehead atoms. The molecule has 0 unspecified atom stereocenters. The largest absolute Gasteiger partial charge is 0.222 e. The van der Waals surface area contributed by atoms with E-state index >= 15 is 0 Å². The zero-order valence-electron chi connectivity index (χ0n) is 5.59. The van der Waals surface area contributed by atoms with E-state index < -0.39 is 10.0 Å². The Labute approximate surface area is 55.7 Å². The topological polar surface area (TPSA) is 60.3 Å². The third kappa shape index (κ3) is 7.87. The van der Waals surface area contributed by atoms with Crippen LogP contribution in [0.25, 0.3) is 0 Å². The zero-order chi connectivity index (χ0) is 7.33. The van der Waals surface area contributed by atoms with Gasteiger partial charge in [-0.05, 0) is 6.42 Å². The number of rotatable bonds is 4. The summed E-state index contributed by atoms with van der Waals surface area (Å²) in [5.74, 6) is 0. The van der Waals surface area contributed by atoms with Crippen molar-refractivity contribution < 1.29 is 8.42 Å². The van der Waals surface area contributed by atoms with Crippen molar-refractivity contribution >= 4 is 10.0 Å². The van der Waals surface area contributed by atoms with Crippen molar-refractivity contribution in [3.8, 4) is 0 Å². The molecule has 1 radical (unpaired) electrons. The predicted molar refractivity (Wildman–Crippen MR) is 35.3 cm³/mol. The SMILES string of the molecule is CCC[N]NS(C)(=O)=O. The average Bonchev–Trinajstić information content (AvgIpc) is 1.63. The zero-order valence-corrected chi connectivity index (χ0v) is 6.40. The van der Waals surface area contributed by atoms with Gasteiger partial charge in [-0.25, -0.2) is 8.42 Å². The van der Waals surface area contributed by atoms with E-state index in [2.05, 4.69) is 5.43 Å². The molecule has 0 aliphatic carbocycles. The Morgan fingerprint density at radius 2 is 2.11 bits per heavy atom. The van der Waals surface area contributed by atoms with Crippen molar-refractivity contribution in [2.45, 2.75) is 13.3 Å². The van der Waals surface area contributed by atoms with Crippen molar-refractivity contribution in [3.63, 3.8) is 0 Å². The minimum atomic E-state index is -3.11. The molecule has 0 atom stereocenters. The summed E-state index contributed by atoms with van der Waals surface area (Å²) in [6.45, 7) is 2.46. The number of hydrogen-bond donors (Lipinski definition) is 1. The van der Waals surface area contributed by atoms with Gasteiger partial charge >= 0.3 is 0 Å². The summed E-state index contributed by atoms with van der Waals surface area (Å²) < 4.78 is 20.6. The highest BCUT2D eigenvalue weighted by Gasteiger charge is 1.96. The summed E-state index contributed by atoms with van der Waals surface area (Å²) >= 11 is 0. The molecule has 0 amide bonds.